The molecule has 8 unspecified atom stereocenters. The summed E-state index contributed by atoms with van der Waals surface area (Å²) in [6.07, 6.45) is 2.14. The number of hydrogen-bond acceptors (Lipinski definition) is 6. The summed E-state index contributed by atoms with van der Waals surface area (Å²) in [5.74, 6) is 0.965. The second-order valence-electron chi connectivity index (χ2n) is 10.6. The zero-order valence-corrected chi connectivity index (χ0v) is 20.8. The molecule has 0 saturated carbocycles. The minimum absolute atomic E-state index is 0.294. The predicted molar refractivity (Wildman–Crippen MR) is 123 cm³/mol. The van der Waals surface area contributed by atoms with Crippen LogP contribution in [0.2, 0.25) is 0 Å². The summed E-state index contributed by atoms with van der Waals surface area (Å²) in [6.45, 7) is 13.9. The number of rotatable bonds is 5. The molecule has 1 heterocycles. The monoisotopic (exact) mass is 450 g/mol. The standard InChI is InChI=1S/C26H42O6/c1-8-14(2)24(29)31-23-21(27)17(5)30-25(22(23)28)32-26(6,7)18-11-9-15(3)19-12-10-16(4)20(19)13-18/h8,15-18,21-23,25,27-28H,9-13H2,1-7H3. The summed E-state index contributed by atoms with van der Waals surface area (Å²) in [5.41, 5.74) is 3.11. The molecule has 0 aromatic rings. The normalized spacial score (nSPS) is 39.0. The van der Waals surface area contributed by atoms with Crippen LogP contribution >= 0.6 is 0 Å². The van der Waals surface area contributed by atoms with Crippen molar-refractivity contribution in [3.63, 3.8) is 0 Å². The average Bonchev–Trinajstić information content (AvgIpc) is 3.01. The molecule has 2 N–H and O–H groups in total. The molecule has 8 atom stereocenters. The van der Waals surface area contributed by atoms with Gasteiger partial charge in [-0.15, -0.1) is 0 Å². The maximum atomic E-state index is 12.3. The molecule has 0 radical (unpaired) electrons. The van der Waals surface area contributed by atoms with Crippen molar-refractivity contribution in [3.8, 4) is 0 Å². The second kappa shape index (κ2) is 9.96. The second-order valence-corrected chi connectivity index (χ2v) is 10.6. The van der Waals surface area contributed by atoms with Gasteiger partial charge in [0.05, 0.1) is 11.7 Å². The first kappa shape index (κ1) is 25.4. The fourth-order valence-electron chi connectivity index (χ4n) is 5.47. The van der Waals surface area contributed by atoms with E-state index in [9.17, 15) is 15.0 Å². The van der Waals surface area contributed by atoms with E-state index in [1.165, 1.54) is 12.8 Å². The minimum atomic E-state index is -1.28. The molecule has 1 fully saturated rings. The minimum Gasteiger partial charge on any atom is -0.453 e. The van der Waals surface area contributed by atoms with Crippen LogP contribution in [0.15, 0.2) is 22.8 Å². The molecular formula is C26H42O6. The first-order valence-corrected chi connectivity index (χ1v) is 12.2. The fraction of sp³-hybridized carbons (Fsp3) is 0.808. The van der Waals surface area contributed by atoms with E-state index in [2.05, 4.69) is 27.7 Å². The Bertz CT molecular complexity index is 753. The Kier molecular flexibility index (Phi) is 7.91. The first-order chi connectivity index (χ1) is 15.0. The molecule has 0 spiro atoms. The van der Waals surface area contributed by atoms with Gasteiger partial charge in [-0.05, 0) is 84.5 Å². The highest BCUT2D eigenvalue weighted by molar-refractivity contribution is 5.87. The predicted octanol–water partition coefficient (Wildman–Crippen LogP) is 4.29. The lowest BCUT2D eigenvalue weighted by Crippen LogP contribution is -2.60. The summed E-state index contributed by atoms with van der Waals surface area (Å²) in [5, 5.41) is 21.5. The molecule has 6 nitrogen and oxygen atoms in total. The molecule has 32 heavy (non-hydrogen) atoms. The molecule has 2 aliphatic carbocycles. The van der Waals surface area contributed by atoms with E-state index in [4.69, 9.17) is 14.2 Å². The molecule has 1 saturated heterocycles. The SMILES string of the molecule is CC=C(C)C(=O)OC1C(O)C(C)OC(OC(C)(C)C2CCC(C)C3=C(C2)C(C)CC3)C1O. The van der Waals surface area contributed by atoms with Crippen molar-refractivity contribution in [2.75, 3.05) is 0 Å². The van der Waals surface area contributed by atoms with Gasteiger partial charge in [0.25, 0.3) is 0 Å². The van der Waals surface area contributed by atoms with Gasteiger partial charge in [-0.3, -0.25) is 0 Å². The molecule has 0 aromatic heterocycles. The van der Waals surface area contributed by atoms with Crippen molar-refractivity contribution >= 4 is 5.97 Å². The van der Waals surface area contributed by atoms with E-state index in [0.29, 0.717) is 23.3 Å². The highest BCUT2D eigenvalue weighted by atomic mass is 16.7. The number of hydrogen-bond donors (Lipinski definition) is 2. The molecule has 6 heteroatoms. The number of carbonyl (C=O) groups excluding carboxylic acids is 1. The summed E-state index contributed by atoms with van der Waals surface area (Å²) >= 11 is 0. The van der Waals surface area contributed by atoms with Gasteiger partial charge in [-0.25, -0.2) is 4.79 Å². The topological polar surface area (TPSA) is 85.2 Å². The number of carbonyl (C=O) groups is 1. The van der Waals surface area contributed by atoms with Gasteiger partial charge >= 0.3 is 5.97 Å². The molecule has 3 aliphatic rings. The van der Waals surface area contributed by atoms with E-state index in [1.807, 2.05) is 0 Å². The van der Waals surface area contributed by atoms with Crippen molar-refractivity contribution < 1.29 is 29.2 Å². The third kappa shape index (κ3) is 5.14. The van der Waals surface area contributed by atoms with Crippen LogP contribution in [0.3, 0.4) is 0 Å². The zero-order chi connectivity index (χ0) is 23.8. The van der Waals surface area contributed by atoms with Gasteiger partial charge in [-0.2, -0.15) is 0 Å². The zero-order valence-electron chi connectivity index (χ0n) is 20.8. The highest BCUT2D eigenvalue weighted by Crippen LogP contribution is 2.47. The van der Waals surface area contributed by atoms with Gasteiger partial charge in [-0.1, -0.05) is 31.1 Å². The average molecular weight is 451 g/mol. The van der Waals surface area contributed by atoms with Crippen LogP contribution in [-0.4, -0.2) is 52.5 Å². The maximum Gasteiger partial charge on any atom is 0.333 e. The lowest BCUT2D eigenvalue weighted by Gasteiger charge is -2.45. The quantitative estimate of drug-likeness (QED) is 0.369. The van der Waals surface area contributed by atoms with Crippen LogP contribution in [-0.2, 0) is 19.0 Å². The van der Waals surface area contributed by atoms with Gasteiger partial charge in [0.2, 0.25) is 0 Å². The lowest BCUT2D eigenvalue weighted by molar-refractivity contribution is -0.323. The fourth-order valence-corrected chi connectivity index (χ4v) is 5.47. The Hall–Kier alpha value is -1.21. The third-order valence-corrected chi connectivity index (χ3v) is 8.05. The van der Waals surface area contributed by atoms with Crippen molar-refractivity contribution in [1.29, 1.82) is 0 Å². The number of ether oxygens (including phenoxy) is 3. The number of aliphatic hydroxyl groups is 2. The Labute approximate surface area is 193 Å². The van der Waals surface area contributed by atoms with Crippen LogP contribution in [0.25, 0.3) is 0 Å². The van der Waals surface area contributed by atoms with Crippen molar-refractivity contribution in [3.05, 3.63) is 22.8 Å². The smallest absolute Gasteiger partial charge is 0.333 e. The Morgan fingerprint density at radius 1 is 1.06 bits per heavy atom. The molecule has 0 bridgehead atoms. The van der Waals surface area contributed by atoms with E-state index >= 15 is 0 Å². The van der Waals surface area contributed by atoms with E-state index in [-0.39, 0.29) is 0 Å². The number of aliphatic hydroxyl groups excluding tert-OH is 2. The Morgan fingerprint density at radius 3 is 2.38 bits per heavy atom. The van der Waals surface area contributed by atoms with Gasteiger partial charge in [0.1, 0.15) is 12.2 Å². The maximum absolute atomic E-state index is 12.3. The summed E-state index contributed by atoms with van der Waals surface area (Å²) in [4.78, 5) is 12.3. The van der Waals surface area contributed by atoms with Crippen LogP contribution in [0.1, 0.15) is 80.6 Å². The summed E-state index contributed by atoms with van der Waals surface area (Å²) < 4.78 is 17.7. The largest absolute Gasteiger partial charge is 0.453 e. The van der Waals surface area contributed by atoms with Crippen LogP contribution in [0.5, 0.6) is 0 Å². The van der Waals surface area contributed by atoms with Crippen LogP contribution < -0.4 is 0 Å². The van der Waals surface area contributed by atoms with E-state index < -0.39 is 42.3 Å². The van der Waals surface area contributed by atoms with E-state index in [1.54, 1.807) is 38.0 Å². The van der Waals surface area contributed by atoms with Gasteiger partial charge in [0.15, 0.2) is 12.4 Å². The van der Waals surface area contributed by atoms with Gasteiger partial charge < -0.3 is 24.4 Å². The van der Waals surface area contributed by atoms with Crippen LogP contribution in [0.4, 0.5) is 0 Å². The van der Waals surface area contributed by atoms with Crippen molar-refractivity contribution in [2.45, 2.75) is 117 Å². The number of esters is 1. The molecule has 3 rings (SSSR count). The molecule has 1 aliphatic heterocycles. The summed E-state index contributed by atoms with van der Waals surface area (Å²) in [7, 11) is 0. The molecule has 182 valence electrons. The van der Waals surface area contributed by atoms with E-state index in [0.717, 1.165) is 19.3 Å². The van der Waals surface area contributed by atoms with Crippen LogP contribution in [0, 0.1) is 17.8 Å². The lowest BCUT2D eigenvalue weighted by atomic mass is 9.81. The number of allylic oxidation sites excluding steroid dienone is 3. The Morgan fingerprint density at radius 2 is 1.72 bits per heavy atom. The Balaban J connectivity index is 1.75. The third-order valence-electron chi connectivity index (χ3n) is 8.05. The molecule has 0 amide bonds. The highest BCUT2D eigenvalue weighted by Gasteiger charge is 2.49. The molecule has 0 aromatic carbocycles. The van der Waals surface area contributed by atoms with Gasteiger partial charge in [0, 0.05) is 5.57 Å². The molecular weight excluding hydrogens is 408 g/mol. The van der Waals surface area contributed by atoms with Crippen molar-refractivity contribution in [2.24, 2.45) is 17.8 Å². The summed E-state index contributed by atoms with van der Waals surface area (Å²) in [6, 6.07) is 0. The first-order valence-electron chi connectivity index (χ1n) is 12.2. The van der Waals surface area contributed by atoms with Crippen molar-refractivity contribution in [1.82, 2.24) is 0 Å².